The van der Waals surface area contributed by atoms with Crippen molar-refractivity contribution in [1.29, 1.82) is 0 Å². The lowest BCUT2D eigenvalue weighted by atomic mass is 10.3. The van der Waals surface area contributed by atoms with Crippen LogP contribution in [0.15, 0.2) is 12.1 Å². The van der Waals surface area contributed by atoms with Crippen molar-refractivity contribution in [2.24, 2.45) is 0 Å². The van der Waals surface area contributed by atoms with E-state index in [0.29, 0.717) is 4.32 Å². The zero-order valence-electron chi connectivity index (χ0n) is 10.2. The van der Waals surface area contributed by atoms with Gasteiger partial charge in [0.05, 0.1) is 11.4 Å². The summed E-state index contributed by atoms with van der Waals surface area (Å²) in [4.78, 5) is 13.1. The van der Waals surface area contributed by atoms with E-state index in [0.717, 1.165) is 23.9 Å². The van der Waals surface area contributed by atoms with Crippen molar-refractivity contribution in [3.63, 3.8) is 0 Å². The third kappa shape index (κ3) is 4.39. The van der Waals surface area contributed by atoms with Crippen LogP contribution < -0.4 is 5.32 Å². The molecule has 0 heterocycles. The predicted octanol–water partition coefficient (Wildman–Crippen LogP) is 2.62. The zero-order valence-corrected chi connectivity index (χ0v) is 11.8. The zero-order chi connectivity index (χ0) is 14.6. The summed E-state index contributed by atoms with van der Waals surface area (Å²) >= 11 is 6.03. The molecular formula is C11H11F3N2OS2. The van der Waals surface area contributed by atoms with Crippen LogP contribution in [0.25, 0.3) is 0 Å². The summed E-state index contributed by atoms with van der Waals surface area (Å²) in [6.07, 6.45) is 0. The van der Waals surface area contributed by atoms with Gasteiger partial charge in [0.1, 0.15) is 4.32 Å². The number of nitrogens with one attached hydrogen (secondary N) is 1. The second-order valence-corrected chi connectivity index (χ2v) is 5.33. The number of nitrogens with zero attached hydrogens (tertiary/aromatic N) is 1. The molecule has 19 heavy (non-hydrogen) atoms. The first kappa shape index (κ1) is 15.8. The maximum atomic E-state index is 13.3. The number of halogens is 3. The van der Waals surface area contributed by atoms with Gasteiger partial charge in [0.25, 0.3) is 0 Å². The van der Waals surface area contributed by atoms with E-state index in [1.807, 2.05) is 0 Å². The average Bonchev–Trinajstić information content (AvgIpc) is 2.36. The van der Waals surface area contributed by atoms with Crippen molar-refractivity contribution in [1.82, 2.24) is 4.90 Å². The maximum absolute atomic E-state index is 13.3. The minimum atomic E-state index is -1.62. The molecule has 1 amide bonds. The Kier molecular flexibility index (Phi) is 5.61. The quantitative estimate of drug-likeness (QED) is 0.687. The number of thiocarbonyl (C=S) groups is 1. The number of thioether (sulfide) groups is 1. The summed E-state index contributed by atoms with van der Waals surface area (Å²) in [5, 5.41) is 2.15. The maximum Gasteiger partial charge on any atom is 0.234 e. The van der Waals surface area contributed by atoms with E-state index in [2.05, 4.69) is 5.32 Å². The first-order chi connectivity index (χ1) is 8.82. The number of carbonyl (C=O) groups excluding carboxylic acids is 1. The molecule has 0 radical (unpaired) electrons. The Balaban J connectivity index is 2.63. The van der Waals surface area contributed by atoms with Crippen molar-refractivity contribution in [3.8, 4) is 0 Å². The van der Waals surface area contributed by atoms with Gasteiger partial charge in [-0.2, -0.15) is 0 Å². The minimum absolute atomic E-state index is 0.0462. The lowest BCUT2D eigenvalue weighted by molar-refractivity contribution is -0.113. The molecule has 8 heteroatoms. The molecule has 1 N–H and O–H groups in total. The molecule has 0 aliphatic rings. The molecule has 0 saturated carbocycles. The number of benzene rings is 1. The van der Waals surface area contributed by atoms with Crippen LogP contribution in [0.2, 0.25) is 0 Å². The molecule has 1 rings (SSSR count). The molecule has 0 aliphatic heterocycles. The van der Waals surface area contributed by atoms with Gasteiger partial charge in [-0.3, -0.25) is 4.79 Å². The van der Waals surface area contributed by atoms with Gasteiger partial charge in [0, 0.05) is 14.1 Å². The lowest BCUT2D eigenvalue weighted by Gasteiger charge is -2.12. The Morgan fingerprint density at radius 3 is 2.53 bits per heavy atom. The minimum Gasteiger partial charge on any atom is -0.364 e. The van der Waals surface area contributed by atoms with Gasteiger partial charge in [-0.1, -0.05) is 24.0 Å². The molecule has 0 saturated heterocycles. The SMILES string of the molecule is CN(C)C(=S)SCC(=O)Nc1ccc(F)c(F)c1F. The Hall–Kier alpha value is -1.28. The van der Waals surface area contributed by atoms with Crippen molar-refractivity contribution in [2.45, 2.75) is 0 Å². The second-order valence-electron chi connectivity index (χ2n) is 3.72. The normalized spacial score (nSPS) is 10.2. The van der Waals surface area contributed by atoms with E-state index in [1.165, 1.54) is 0 Å². The Morgan fingerprint density at radius 1 is 1.32 bits per heavy atom. The molecular weight excluding hydrogens is 297 g/mol. The number of hydrogen-bond donors (Lipinski definition) is 1. The number of hydrogen-bond acceptors (Lipinski definition) is 3. The number of rotatable bonds is 3. The van der Waals surface area contributed by atoms with Gasteiger partial charge in [0.15, 0.2) is 17.5 Å². The van der Waals surface area contributed by atoms with E-state index < -0.39 is 29.0 Å². The molecule has 1 aromatic carbocycles. The lowest BCUT2D eigenvalue weighted by Crippen LogP contribution is -2.21. The highest BCUT2D eigenvalue weighted by Crippen LogP contribution is 2.20. The summed E-state index contributed by atoms with van der Waals surface area (Å²) in [5.41, 5.74) is -0.403. The fourth-order valence-electron chi connectivity index (χ4n) is 1.07. The monoisotopic (exact) mass is 308 g/mol. The van der Waals surface area contributed by atoms with Crippen LogP contribution in [0.1, 0.15) is 0 Å². The Labute approximate surface area is 118 Å². The van der Waals surface area contributed by atoms with E-state index in [4.69, 9.17) is 12.2 Å². The van der Waals surface area contributed by atoms with Gasteiger partial charge in [-0.25, -0.2) is 13.2 Å². The largest absolute Gasteiger partial charge is 0.364 e. The molecule has 104 valence electrons. The van der Waals surface area contributed by atoms with Crippen LogP contribution in [0.5, 0.6) is 0 Å². The van der Waals surface area contributed by atoms with Crippen LogP contribution >= 0.6 is 24.0 Å². The van der Waals surface area contributed by atoms with Crippen LogP contribution in [0.3, 0.4) is 0 Å². The van der Waals surface area contributed by atoms with Crippen molar-refractivity contribution in [3.05, 3.63) is 29.6 Å². The fourth-order valence-corrected chi connectivity index (χ4v) is 1.83. The molecule has 1 aromatic rings. The standard InChI is InChI=1S/C11H11F3N2OS2/c1-16(2)11(18)19-5-8(17)15-7-4-3-6(12)9(13)10(7)14/h3-4H,5H2,1-2H3,(H,15,17). The van der Waals surface area contributed by atoms with Crippen molar-refractivity contribution in [2.75, 3.05) is 25.2 Å². The molecule has 0 fully saturated rings. The van der Waals surface area contributed by atoms with Crippen molar-refractivity contribution >= 4 is 39.9 Å². The van der Waals surface area contributed by atoms with Crippen molar-refractivity contribution < 1.29 is 18.0 Å². The van der Waals surface area contributed by atoms with Crippen LogP contribution in [0.4, 0.5) is 18.9 Å². The first-order valence-electron chi connectivity index (χ1n) is 5.10. The van der Waals surface area contributed by atoms with E-state index in [1.54, 1.807) is 19.0 Å². The van der Waals surface area contributed by atoms with Gasteiger partial charge in [-0.05, 0) is 12.1 Å². The Bertz CT molecular complexity index is 509. The summed E-state index contributed by atoms with van der Waals surface area (Å²) in [6.45, 7) is 0. The van der Waals surface area contributed by atoms with Crippen LogP contribution in [0, 0.1) is 17.5 Å². The summed E-state index contributed by atoms with van der Waals surface area (Å²) in [6, 6.07) is 1.70. The molecule has 0 spiro atoms. The molecule has 0 aromatic heterocycles. The highest BCUT2D eigenvalue weighted by molar-refractivity contribution is 8.23. The number of amides is 1. The average molecular weight is 308 g/mol. The Morgan fingerprint density at radius 2 is 1.95 bits per heavy atom. The summed E-state index contributed by atoms with van der Waals surface area (Å²) in [5.74, 6) is -4.95. The van der Waals surface area contributed by atoms with Gasteiger partial charge < -0.3 is 10.2 Å². The smallest absolute Gasteiger partial charge is 0.234 e. The second kappa shape index (κ2) is 6.76. The highest BCUT2D eigenvalue weighted by atomic mass is 32.2. The van der Waals surface area contributed by atoms with E-state index in [-0.39, 0.29) is 5.75 Å². The molecule has 0 unspecified atom stereocenters. The summed E-state index contributed by atoms with van der Waals surface area (Å²) < 4.78 is 39.4. The molecule has 3 nitrogen and oxygen atoms in total. The fraction of sp³-hybridized carbons (Fsp3) is 0.273. The van der Waals surface area contributed by atoms with Crippen LogP contribution in [-0.4, -0.2) is 35.0 Å². The molecule has 0 bridgehead atoms. The summed E-state index contributed by atoms with van der Waals surface area (Å²) in [7, 11) is 3.45. The van der Waals surface area contributed by atoms with Gasteiger partial charge in [0.2, 0.25) is 5.91 Å². The topological polar surface area (TPSA) is 32.3 Å². The highest BCUT2D eigenvalue weighted by Gasteiger charge is 2.15. The molecule has 0 aliphatic carbocycles. The third-order valence-corrected chi connectivity index (χ3v) is 3.74. The molecule has 0 atom stereocenters. The van der Waals surface area contributed by atoms with E-state index in [9.17, 15) is 18.0 Å². The van der Waals surface area contributed by atoms with Gasteiger partial charge >= 0.3 is 0 Å². The number of anilines is 1. The van der Waals surface area contributed by atoms with Gasteiger partial charge in [-0.15, -0.1) is 0 Å². The predicted molar refractivity (Wildman–Crippen MR) is 73.7 cm³/mol. The third-order valence-electron chi connectivity index (χ3n) is 2.00. The van der Waals surface area contributed by atoms with E-state index >= 15 is 0 Å². The number of carbonyl (C=O) groups is 1. The first-order valence-corrected chi connectivity index (χ1v) is 6.49. The van der Waals surface area contributed by atoms with Crippen LogP contribution in [-0.2, 0) is 4.79 Å².